The van der Waals surface area contributed by atoms with Crippen LogP contribution in [0.5, 0.6) is 5.75 Å². The highest BCUT2D eigenvalue weighted by Crippen LogP contribution is 2.22. The summed E-state index contributed by atoms with van der Waals surface area (Å²) in [6.45, 7) is 5.11. The van der Waals surface area contributed by atoms with Crippen molar-refractivity contribution in [2.75, 3.05) is 6.61 Å². The number of ether oxygens (including phenoxy) is 1. The van der Waals surface area contributed by atoms with E-state index in [0.717, 1.165) is 16.9 Å². The highest BCUT2D eigenvalue weighted by atomic mass is 16.5. The average molecular weight is 243 g/mol. The van der Waals surface area contributed by atoms with Gasteiger partial charge in [0.05, 0.1) is 6.54 Å². The monoisotopic (exact) mass is 243 g/mol. The summed E-state index contributed by atoms with van der Waals surface area (Å²) in [4.78, 5) is 11.5. The Morgan fingerprint density at radius 1 is 1.06 bits per heavy atom. The minimum atomic E-state index is 0.00241. The third kappa shape index (κ3) is 2.80. The molecule has 0 spiro atoms. The van der Waals surface area contributed by atoms with Gasteiger partial charge in [0, 0.05) is 12.3 Å². The van der Waals surface area contributed by atoms with Crippen molar-refractivity contribution in [2.45, 2.75) is 20.4 Å². The standard InChI is InChI=1S/C15H17NO2/c1-12-6-5-7-13(2)15(12)18-11-10-16-9-4-3-8-14(16)17/h3-9H,10-11H2,1-2H3. The topological polar surface area (TPSA) is 31.2 Å². The van der Waals surface area contributed by atoms with Crippen molar-refractivity contribution >= 4 is 0 Å². The van der Waals surface area contributed by atoms with Gasteiger partial charge >= 0.3 is 0 Å². The molecule has 0 aliphatic carbocycles. The first-order chi connectivity index (χ1) is 8.68. The van der Waals surface area contributed by atoms with E-state index in [4.69, 9.17) is 4.74 Å². The van der Waals surface area contributed by atoms with Crippen LogP contribution in [0.3, 0.4) is 0 Å². The molecule has 3 nitrogen and oxygen atoms in total. The molecule has 0 atom stereocenters. The molecule has 0 amide bonds. The Hall–Kier alpha value is -2.03. The fourth-order valence-electron chi connectivity index (χ4n) is 1.92. The molecule has 0 saturated carbocycles. The third-order valence-electron chi connectivity index (χ3n) is 2.89. The van der Waals surface area contributed by atoms with Gasteiger partial charge in [-0.3, -0.25) is 4.79 Å². The Kier molecular flexibility index (Phi) is 3.82. The first kappa shape index (κ1) is 12.4. The van der Waals surface area contributed by atoms with Crippen LogP contribution in [0, 0.1) is 13.8 Å². The Morgan fingerprint density at radius 2 is 1.78 bits per heavy atom. The van der Waals surface area contributed by atoms with Gasteiger partial charge in [0.1, 0.15) is 12.4 Å². The number of aryl methyl sites for hydroxylation is 2. The first-order valence-corrected chi connectivity index (χ1v) is 6.03. The summed E-state index contributed by atoms with van der Waals surface area (Å²) in [6.07, 6.45) is 1.77. The quantitative estimate of drug-likeness (QED) is 0.826. The maximum Gasteiger partial charge on any atom is 0.250 e. The molecule has 0 saturated heterocycles. The molecule has 1 aromatic heterocycles. The molecule has 1 aromatic carbocycles. The van der Waals surface area contributed by atoms with Gasteiger partial charge in [-0.25, -0.2) is 0 Å². The van der Waals surface area contributed by atoms with Crippen LogP contribution in [0.1, 0.15) is 11.1 Å². The molecule has 0 aliphatic heterocycles. The van der Waals surface area contributed by atoms with Crippen molar-refractivity contribution in [2.24, 2.45) is 0 Å². The lowest BCUT2D eigenvalue weighted by Crippen LogP contribution is -2.21. The number of benzene rings is 1. The van der Waals surface area contributed by atoms with Crippen LogP contribution in [-0.2, 0) is 6.54 Å². The highest BCUT2D eigenvalue weighted by molar-refractivity contribution is 5.39. The smallest absolute Gasteiger partial charge is 0.250 e. The number of hydrogen-bond acceptors (Lipinski definition) is 2. The van der Waals surface area contributed by atoms with Crippen LogP contribution in [0.25, 0.3) is 0 Å². The van der Waals surface area contributed by atoms with E-state index in [0.29, 0.717) is 13.2 Å². The SMILES string of the molecule is Cc1cccc(C)c1OCCn1ccccc1=O. The molecule has 0 unspecified atom stereocenters. The van der Waals surface area contributed by atoms with Crippen molar-refractivity contribution in [3.8, 4) is 5.75 Å². The molecular formula is C15H17NO2. The van der Waals surface area contributed by atoms with Gasteiger partial charge in [-0.2, -0.15) is 0 Å². The molecule has 0 fully saturated rings. The van der Waals surface area contributed by atoms with Crippen molar-refractivity contribution in [3.05, 3.63) is 64.1 Å². The molecular weight excluding hydrogens is 226 g/mol. The maximum atomic E-state index is 11.5. The largest absolute Gasteiger partial charge is 0.491 e. The van der Waals surface area contributed by atoms with Crippen molar-refractivity contribution in [3.63, 3.8) is 0 Å². The molecule has 0 aliphatic rings. The second-order valence-corrected chi connectivity index (χ2v) is 4.30. The zero-order valence-corrected chi connectivity index (χ0v) is 10.7. The normalized spacial score (nSPS) is 10.3. The van der Waals surface area contributed by atoms with E-state index in [9.17, 15) is 4.79 Å². The van der Waals surface area contributed by atoms with Crippen LogP contribution >= 0.6 is 0 Å². The average Bonchev–Trinajstić information content (AvgIpc) is 2.35. The second kappa shape index (κ2) is 5.54. The molecule has 0 N–H and O–H groups in total. The Bertz CT molecular complexity index is 567. The van der Waals surface area contributed by atoms with Gasteiger partial charge in [0.25, 0.3) is 5.56 Å². The Labute approximate surface area is 107 Å². The summed E-state index contributed by atoms with van der Waals surface area (Å²) in [5.41, 5.74) is 2.24. The van der Waals surface area contributed by atoms with Gasteiger partial charge in [-0.15, -0.1) is 0 Å². The molecule has 94 valence electrons. The lowest BCUT2D eigenvalue weighted by molar-refractivity contribution is 0.292. The lowest BCUT2D eigenvalue weighted by Gasteiger charge is -2.12. The van der Waals surface area contributed by atoms with Gasteiger partial charge in [-0.05, 0) is 31.0 Å². The fourth-order valence-corrected chi connectivity index (χ4v) is 1.92. The lowest BCUT2D eigenvalue weighted by atomic mass is 10.1. The maximum absolute atomic E-state index is 11.5. The van der Waals surface area contributed by atoms with Crippen LogP contribution < -0.4 is 10.3 Å². The molecule has 1 heterocycles. The summed E-state index contributed by atoms with van der Waals surface area (Å²) in [6, 6.07) is 11.2. The minimum Gasteiger partial charge on any atom is -0.491 e. The van der Waals surface area contributed by atoms with Crippen LogP contribution in [-0.4, -0.2) is 11.2 Å². The highest BCUT2D eigenvalue weighted by Gasteiger charge is 2.03. The molecule has 2 rings (SSSR count). The predicted molar refractivity (Wildman–Crippen MR) is 72.1 cm³/mol. The fraction of sp³-hybridized carbons (Fsp3) is 0.267. The number of hydrogen-bond donors (Lipinski definition) is 0. The van der Waals surface area contributed by atoms with E-state index in [1.807, 2.05) is 38.1 Å². The summed E-state index contributed by atoms with van der Waals surface area (Å²) < 4.78 is 7.41. The zero-order chi connectivity index (χ0) is 13.0. The van der Waals surface area contributed by atoms with Gasteiger partial charge < -0.3 is 9.30 Å². The molecule has 18 heavy (non-hydrogen) atoms. The summed E-state index contributed by atoms with van der Waals surface area (Å²) >= 11 is 0. The number of pyridine rings is 1. The molecule has 2 aromatic rings. The summed E-state index contributed by atoms with van der Waals surface area (Å²) in [5, 5.41) is 0. The molecule has 3 heteroatoms. The predicted octanol–water partition coefficient (Wildman–Crippen LogP) is 2.54. The van der Waals surface area contributed by atoms with Crippen molar-refractivity contribution in [1.29, 1.82) is 0 Å². The van der Waals surface area contributed by atoms with E-state index in [1.165, 1.54) is 0 Å². The summed E-state index contributed by atoms with van der Waals surface area (Å²) in [5.74, 6) is 0.918. The molecule has 0 bridgehead atoms. The second-order valence-electron chi connectivity index (χ2n) is 4.30. The number of aromatic nitrogens is 1. The third-order valence-corrected chi connectivity index (χ3v) is 2.89. The Morgan fingerprint density at radius 3 is 2.44 bits per heavy atom. The van der Waals surface area contributed by atoms with Crippen molar-refractivity contribution < 1.29 is 4.74 Å². The van der Waals surface area contributed by atoms with Crippen LogP contribution in [0.4, 0.5) is 0 Å². The number of rotatable bonds is 4. The van der Waals surface area contributed by atoms with E-state index >= 15 is 0 Å². The van der Waals surface area contributed by atoms with Crippen LogP contribution in [0.15, 0.2) is 47.4 Å². The van der Waals surface area contributed by atoms with Crippen molar-refractivity contribution in [1.82, 2.24) is 4.57 Å². The van der Waals surface area contributed by atoms with E-state index in [2.05, 4.69) is 0 Å². The zero-order valence-electron chi connectivity index (χ0n) is 10.7. The van der Waals surface area contributed by atoms with Gasteiger partial charge in [-0.1, -0.05) is 24.3 Å². The van der Waals surface area contributed by atoms with Gasteiger partial charge in [0.15, 0.2) is 0 Å². The summed E-state index contributed by atoms with van der Waals surface area (Å²) in [7, 11) is 0. The van der Waals surface area contributed by atoms with E-state index < -0.39 is 0 Å². The minimum absolute atomic E-state index is 0.00241. The van der Waals surface area contributed by atoms with Gasteiger partial charge in [0.2, 0.25) is 0 Å². The Balaban J connectivity index is 2.01. The number of para-hydroxylation sites is 1. The number of nitrogens with zero attached hydrogens (tertiary/aromatic N) is 1. The molecule has 0 radical (unpaired) electrons. The van der Waals surface area contributed by atoms with E-state index in [-0.39, 0.29) is 5.56 Å². The van der Waals surface area contributed by atoms with E-state index in [1.54, 1.807) is 22.9 Å². The first-order valence-electron chi connectivity index (χ1n) is 6.03. The van der Waals surface area contributed by atoms with Crippen LogP contribution in [0.2, 0.25) is 0 Å².